The Morgan fingerprint density at radius 2 is 2.12 bits per heavy atom. The SMILES string of the molecule is COc1ccc(NC(C)=O)cc1S(=O)O.[KH]. The fraction of sp³-hybridized carbons (Fsp3) is 0.222. The van der Waals surface area contributed by atoms with Crippen LogP contribution in [0, 0.1) is 0 Å². The summed E-state index contributed by atoms with van der Waals surface area (Å²) in [7, 11) is 1.41. The third-order valence-electron chi connectivity index (χ3n) is 1.67. The Morgan fingerprint density at radius 3 is 2.56 bits per heavy atom. The van der Waals surface area contributed by atoms with E-state index in [0.717, 1.165) is 0 Å². The summed E-state index contributed by atoms with van der Waals surface area (Å²) in [4.78, 5) is 10.9. The molecule has 0 fully saturated rings. The van der Waals surface area contributed by atoms with Crippen molar-refractivity contribution in [2.24, 2.45) is 0 Å². The zero-order valence-electron chi connectivity index (χ0n) is 8.31. The first kappa shape index (κ1) is 16.2. The number of benzene rings is 1. The number of rotatable bonds is 3. The molecule has 84 valence electrons. The van der Waals surface area contributed by atoms with E-state index >= 15 is 0 Å². The molecule has 0 heterocycles. The molecular weight excluding hydrogens is 257 g/mol. The Balaban J connectivity index is 0.00000225. The Hall–Kier alpha value is 0.236. The maximum absolute atomic E-state index is 10.9. The molecule has 1 aromatic carbocycles. The van der Waals surface area contributed by atoms with Crippen molar-refractivity contribution in [1.29, 1.82) is 0 Å². The van der Waals surface area contributed by atoms with Crippen LogP contribution < -0.4 is 10.1 Å². The van der Waals surface area contributed by atoms with Crippen LogP contribution in [-0.2, 0) is 15.9 Å². The van der Waals surface area contributed by atoms with Crippen LogP contribution >= 0.6 is 0 Å². The Bertz CT molecular complexity index is 410. The first-order valence-electron chi connectivity index (χ1n) is 4.11. The number of hydrogen-bond donors (Lipinski definition) is 2. The van der Waals surface area contributed by atoms with Gasteiger partial charge in [0.15, 0.2) is 11.1 Å². The summed E-state index contributed by atoms with van der Waals surface area (Å²) < 4.78 is 24.8. The predicted octanol–water partition coefficient (Wildman–Crippen LogP) is 0.586. The molecule has 1 unspecified atom stereocenters. The van der Waals surface area contributed by atoms with Gasteiger partial charge in [0.05, 0.1) is 7.11 Å². The quantitative estimate of drug-likeness (QED) is 0.622. The zero-order valence-corrected chi connectivity index (χ0v) is 9.13. The average molecular weight is 269 g/mol. The number of nitrogens with one attached hydrogen (secondary N) is 1. The van der Waals surface area contributed by atoms with E-state index in [4.69, 9.17) is 9.29 Å². The number of carbonyl (C=O) groups is 1. The molecule has 1 atom stereocenters. The van der Waals surface area contributed by atoms with Crippen molar-refractivity contribution in [3.63, 3.8) is 0 Å². The van der Waals surface area contributed by atoms with Crippen LogP contribution in [0.15, 0.2) is 23.1 Å². The van der Waals surface area contributed by atoms with Crippen molar-refractivity contribution in [1.82, 2.24) is 0 Å². The van der Waals surface area contributed by atoms with E-state index in [1.165, 1.54) is 26.2 Å². The second-order valence-corrected chi connectivity index (χ2v) is 3.73. The van der Waals surface area contributed by atoms with Crippen molar-refractivity contribution in [3.05, 3.63) is 18.2 Å². The molecule has 0 aromatic heterocycles. The summed E-state index contributed by atoms with van der Waals surface area (Å²) >= 11 is -2.14. The molecule has 5 nitrogen and oxygen atoms in total. The van der Waals surface area contributed by atoms with E-state index < -0.39 is 11.1 Å². The first-order chi connectivity index (χ1) is 7.04. The number of methoxy groups -OCH3 is 1. The van der Waals surface area contributed by atoms with E-state index in [9.17, 15) is 9.00 Å². The van der Waals surface area contributed by atoms with Crippen LogP contribution in [0.25, 0.3) is 0 Å². The first-order valence-corrected chi connectivity index (χ1v) is 5.21. The molecule has 0 saturated carbocycles. The van der Waals surface area contributed by atoms with Gasteiger partial charge in [0.25, 0.3) is 0 Å². The van der Waals surface area contributed by atoms with Gasteiger partial charge in [-0.25, -0.2) is 4.21 Å². The molecule has 0 radical (unpaired) electrons. The molecule has 0 saturated heterocycles. The van der Waals surface area contributed by atoms with Gasteiger partial charge in [-0.3, -0.25) is 4.79 Å². The van der Waals surface area contributed by atoms with Crippen LogP contribution in [-0.4, -0.2) is 73.2 Å². The summed E-state index contributed by atoms with van der Waals surface area (Å²) in [6.07, 6.45) is 0. The van der Waals surface area contributed by atoms with Crippen molar-refractivity contribution >= 4 is 74.1 Å². The second kappa shape index (κ2) is 7.54. The Labute approximate surface area is 139 Å². The van der Waals surface area contributed by atoms with Gasteiger partial charge in [0.1, 0.15) is 10.6 Å². The van der Waals surface area contributed by atoms with Crippen molar-refractivity contribution < 1.29 is 18.3 Å². The van der Waals surface area contributed by atoms with E-state index in [0.29, 0.717) is 11.4 Å². The van der Waals surface area contributed by atoms with E-state index in [-0.39, 0.29) is 62.2 Å². The summed E-state index contributed by atoms with van der Waals surface area (Å²) in [6, 6.07) is 4.52. The zero-order chi connectivity index (χ0) is 11.4. The van der Waals surface area contributed by atoms with Crippen molar-refractivity contribution in [2.75, 3.05) is 12.4 Å². The van der Waals surface area contributed by atoms with E-state index in [1.807, 2.05) is 0 Å². The van der Waals surface area contributed by atoms with Crippen LogP contribution in [0.1, 0.15) is 6.92 Å². The van der Waals surface area contributed by atoms with Gasteiger partial charge in [-0.15, -0.1) is 0 Å². The van der Waals surface area contributed by atoms with Crippen LogP contribution in [0.4, 0.5) is 5.69 Å². The predicted molar refractivity (Wildman–Crippen MR) is 63.5 cm³/mol. The number of ether oxygens (including phenoxy) is 1. The Morgan fingerprint density at radius 1 is 1.50 bits per heavy atom. The number of hydrogen-bond acceptors (Lipinski definition) is 3. The van der Waals surface area contributed by atoms with Gasteiger partial charge < -0.3 is 14.6 Å². The number of carbonyl (C=O) groups excluding carboxylic acids is 1. The van der Waals surface area contributed by atoms with Crippen molar-refractivity contribution in [2.45, 2.75) is 11.8 Å². The minimum absolute atomic E-state index is 0. The van der Waals surface area contributed by atoms with E-state index in [1.54, 1.807) is 6.07 Å². The fourth-order valence-corrected chi connectivity index (χ4v) is 1.65. The third-order valence-corrected chi connectivity index (χ3v) is 2.37. The van der Waals surface area contributed by atoms with Crippen LogP contribution in [0.5, 0.6) is 5.75 Å². The summed E-state index contributed by atoms with van der Waals surface area (Å²) in [5.74, 6) is 0.0692. The molecule has 0 spiro atoms. The summed E-state index contributed by atoms with van der Waals surface area (Å²) in [5, 5.41) is 2.51. The molecule has 1 amide bonds. The summed E-state index contributed by atoms with van der Waals surface area (Å²) in [6.45, 7) is 1.36. The molecule has 1 rings (SSSR count). The molecule has 0 aliphatic rings. The van der Waals surface area contributed by atoms with Gasteiger partial charge in [0.2, 0.25) is 5.91 Å². The Kier molecular flexibility index (Phi) is 7.65. The maximum atomic E-state index is 10.9. The van der Waals surface area contributed by atoms with Gasteiger partial charge in [-0.05, 0) is 18.2 Å². The van der Waals surface area contributed by atoms with Crippen molar-refractivity contribution in [3.8, 4) is 5.75 Å². The monoisotopic (exact) mass is 269 g/mol. The van der Waals surface area contributed by atoms with Crippen LogP contribution in [0.2, 0.25) is 0 Å². The third kappa shape index (κ3) is 4.62. The molecule has 1 aromatic rings. The average Bonchev–Trinajstić information content (AvgIpc) is 2.16. The number of amides is 1. The topological polar surface area (TPSA) is 75.6 Å². The van der Waals surface area contributed by atoms with Gasteiger partial charge >= 0.3 is 51.4 Å². The second-order valence-electron chi connectivity index (χ2n) is 2.80. The molecule has 0 aliphatic heterocycles. The van der Waals surface area contributed by atoms with Gasteiger partial charge in [-0.1, -0.05) is 0 Å². The fourth-order valence-electron chi connectivity index (χ4n) is 1.09. The molecular formula is C9H12KNO4S. The molecule has 2 N–H and O–H groups in total. The number of anilines is 1. The molecule has 16 heavy (non-hydrogen) atoms. The van der Waals surface area contributed by atoms with E-state index in [2.05, 4.69) is 5.32 Å². The standard InChI is InChI=1S/C9H11NO4S.K.H/c1-6(11)10-7-3-4-8(14-2)9(5-7)15(12)13;;/h3-5H,1-2H3,(H,10,11)(H,12,13);;. The van der Waals surface area contributed by atoms with Crippen LogP contribution in [0.3, 0.4) is 0 Å². The minimum atomic E-state index is -2.14. The summed E-state index contributed by atoms with van der Waals surface area (Å²) in [5.41, 5.74) is 0.459. The van der Waals surface area contributed by atoms with Gasteiger partial charge in [-0.2, -0.15) is 0 Å². The molecule has 0 bridgehead atoms. The van der Waals surface area contributed by atoms with Gasteiger partial charge in [0, 0.05) is 12.6 Å². The normalized spacial score (nSPS) is 11.2. The molecule has 0 aliphatic carbocycles. The molecule has 7 heteroatoms.